The fraction of sp³-hybridized carbons (Fsp3) is 0.333. The molecule has 0 aliphatic heterocycles. The number of anilines is 2. The normalized spacial score (nSPS) is 10.8. The minimum absolute atomic E-state index is 0.212. The molecular formula is C15H19FN4. The third-order valence-corrected chi connectivity index (χ3v) is 3.09. The van der Waals surface area contributed by atoms with Crippen LogP contribution in [0.3, 0.4) is 0 Å². The minimum atomic E-state index is -0.238. The van der Waals surface area contributed by atoms with Crippen molar-refractivity contribution in [3.05, 3.63) is 47.0 Å². The summed E-state index contributed by atoms with van der Waals surface area (Å²) in [5, 5.41) is 3.23. The number of benzene rings is 1. The maximum absolute atomic E-state index is 12.9. The van der Waals surface area contributed by atoms with E-state index in [2.05, 4.69) is 15.3 Å². The van der Waals surface area contributed by atoms with Crippen LogP contribution < -0.4 is 11.1 Å². The van der Waals surface area contributed by atoms with Crippen LogP contribution in [0.4, 0.5) is 16.0 Å². The topological polar surface area (TPSA) is 63.8 Å². The van der Waals surface area contributed by atoms with Crippen LogP contribution in [0.15, 0.2) is 24.3 Å². The van der Waals surface area contributed by atoms with Crippen molar-refractivity contribution in [1.29, 1.82) is 0 Å². The molecule has 0 aliphatic rings. The molecule has 5 heteroatoms. The van der Waals surface area contributed by atoms with Crippen LogP contribution in [0, 0.1) is 12.7 Å². The molecular weight excluding hydrogens is 255 g/mol. The molecule has 20 heavy (non-hydrogen) atoms. The molecule has 0 aliphatic carbocycles. The van der Waals surface area contributed by atoms with Gasteiger partial charge in [-0.25, -0.2) is 14.4 Å². The number of nitrogen functional groups attached to an aromatic ring is 1. The lowest BCUT2D eigenvalue weighted by Gasteiger charge is -2.13. The molecule has 0 atom stereocenters. The van der Waals surface area contributed by atoms with Crippen molar-refractivity contribution in [3.63, 3.8) is 0 Å². The van der Waals surface area contributed by atoms with Gasteiger partial charge in [0.15, 0.2) is 0 Å². The highest BCUT2D eigenvalue weighted by molar-refractivity contribution is 5.55. The van der Waals surface area contributed by atoms with E-state index in [0.717, 1.165) is 22.8 Å². The van der Waals surface area contributed by atoms with Gasteiger partial charge in [-0.15, -0.1) is 0 Å². The molecule has 0 saturated heterocycles. The van der Waals surface area contributed by atoms with E-state index in [1.165, 1.54) is 12.1 Å². The van der Waals surface area contributed by atoms with Crippen LogP contribution in [0.1, 0.15) is 36.7 Å². The van der Waals surface area contributed by atoms with Crippen molar-refractivity contribution < 1.29 is 4.39 Å². The Kier molecular flexibility index (Phi) is 4.17. The highest BCUT2D eigenvalue weighted by atomic mass is 19.1. The highest BCUT2D eigenvalue weighted by Gasteiger charge is 2.10. The molecule has 1 aromatic heterocycles. The van der Waals surface area contributed by atoms with Gasteiger partial charge in [-0.2, -0.15) is 0 Å². The summed E-state index contributed by atoms with van der Waals surface area (Å²) in [6, 6.07) is 6.37. The van der Waals surface area contributed by atoms with E-state index in [-0.39, 0.29) is 11.7 Å². The monoisotopic (exact) mass is 274 g/mol. The van der Waals surface area contributed by atoms with E-state index in [9.17, 15) is 4.39 Å². The summed E-state index contributed by atoms with van der Waals surface area (Å²) in [6.07, 6.45) is 0. The third kappa shape index (κ3) is 3.23. The predicted molar refractivity (Wildman–Crippen MR) is 79.0 cm³/mol. The van der Waals surface area contributed by atoms with Crippen molar-refractivity contribution in [3.8, 4) is 0 Å². The van der Waals surface area contributed by atoms with Gasteiger partial charge in [-0.3, -0.25) is 0 Å². The zero-order chi connectivity index (χ0) is 14.7. The Balaban J connectivity index is 2.18. The lowest BCUT2D eigenvalue weighted by atomic mass is 10.2. The van der Waals surface area contributed by atoms with Crippen molar-refractivity contribution >= 4 is 11.6 Å². The van der Waals surface area contributed by atoms with Gasteiger partial charge in [0.2, 0.25) is 0 Å². The summed E-state index contributed by atoms with van der Waals surface area (Å²) < 4.78 is 12.9. The number of halogens is 1. The molecule has 0 amide bonds. The number of hydrogen-bond acceptors (Lipinski definition) is 4. The Morgan fingerprint density at radius 3 is 2.45 bits per heavy atom. The van der Waals surface area contributed by atoms with Gasteiger partial charge < -0.3 is 11.1 Å². The average Bonchev–Trinajstić information content (AvgIpc) is 2.42. The van der Waals surface area contributed by atoms with Crippen LogP contribution in [0.25, 0.3) is 0 Å². The molecule has 2 rings (SSSR count). The number of nitrogens with two attached hydrogens (primary N) is 1. The Morgan fingerprint density at radius 2 is 1.85 bits per heavy atom. The largest absolute Gasteiger partial charge is 0.383 e. The highest BCUT2D eigenvalue weighted by Crippen LogP contribution is 2.21. The van der Waals surface area contributed by atoms with Gasteiger partial charge in [-0.1, -0.05) is 26.0 Å². The van der Waals surface area contributed by atoms with Gasteiger partial charge >= 0.3 is 0 Å². The first-order valence-electron chi connectivity index (χ1n) is 6.59. The molecule has 0 unspecified atom stereocenters. The van der Waals surface area contributed by atoms with Gasteiger partial charge in [0, 0.05) is 18.0 Å². The first-order chi connectivity index (χ1) is 9.47. The summed E-state index contributed by atoms with van der Waals surface area (Å²) in [5.74, 6) is 1.91. The van der Waals surface area contributed by atoms with Gasteiger partial charge in [-0.05, 0) is 24.6 Å². The predicted octanol–water partition coefficient (Wildman–Crippen LogP) is 3.24. The molecule has 0 radical (unpaired) electrons. The Morgan fingerprint density at radius 1 is 1.20 bits per heavy atom. The van der Waals surface area contributed by atoms with Crippen LogP contribution in [-0.4, -0.2) is 9.97 Å². The number of hydrogen-bond donors (Lipinski definition) is 2. The van der Waals surface area contributed by atoms with E-state index in [4.69, 9.17) is 5.73 Å². The summed E-state index contributed by atoms with van der Waals surface area (Å²) in [4.78, 5) is 8.77. The first kappa shape index (κ1) is 14.2. The lowest BCUT2D eigenvalue weighted by Crippen LogP contribution is -2.10. The van der Waals surface area contributed by atoms with Crippen molar-refractivity contribution in [1.82, 2.24) is 9.97 Å². The van der Waals surface area contributed by atoms with Gasteiger partial charge in [0.25, 0.3) is 0 Å². The van der Waals surface area contributed by atoms with E-state index in [1.54, 1.807) is 12.1 Å². The number of nitrogens with zero attached hydrogens (tertiary/aromatic N) is 2. The first-order valence-corrected chi connectivity index (χ1v) is 6.59. The average molecular weight is 274 g/mol. The molecule has 1 aromatic carbocycles. The SMILES string of the molecule is Cc1c(N)nc(C(C)C)nc1NCc1ccc(F)cc1. The van der Waals surface area contributed by atoms with E-state index in [1.807, 2.05) is 20.8 Å². The van der Waals surface area contributed by atoms with Gasteiger partial charge in [0.05, 0.1) is 0 Å². The summed E-state index contributed by atoms with van der Waals surface area (Å²) in [5.41, 5.74) is 7.72. The molecule has 3 N–H and O–H groups in total. The fourth-order valence-electron chi connectivity index (χ4n) is 1.77. The zero-order valence-electron chi connectivity index (χ0n) is 11.9. The maximum atomic E-state index is 12.9. The molecule has 2 aromatic rings. The number of aromatic nitrogens is 2. The Hall–Kier alpha value is -2.17. The third-order valence-electron chi connectivity index (χ3n) is 3.09. The smallest absolute Gasteiger partial charge is 0.135 e. The van der Waals surface area contributed by atoms with Crippen molar-refractivity contribution in [2.24, 2.45) is 0 Å². The second kappa shape index (κ2) is 5.86. The zero-order valence-corrected chi connectivity index (χ0v) is 11.9. The number of nitrogens with one attached hydrogen (secondary N) is 1. The van der Waals surface area contributed by atoms with E-state index >= 15 is 0 Å². The van der Waals surface area contributed by atoms with Crippen LogP contribution in [0.2, 0.25) is 0 Å². The van der Waals surface area contributed by atoms with Crippen molar-refractivity contribution in [2.75, 3.05) is 11.1 Å². The lowest BCUT2D eigenvalue weighted by molar-refractivity contribution is 0.627. The van der Waals surface area contributed by atoms with E-state index < -0.39 is 0 Å². The van der Waals surface area contributed by atoms with Gasteiger partial charge in [0.1, 0.15) is 23.3 Å². The summed E-state index contributed by atoms with van der Waals surface area (Å²) in [7, 11) is 0. The molecule has 0 spiro atoms. The molecule has 106 valence electrons. The number of rotatable bonds is 4. The molecule has 0 fully saturated rings. The summed E-state index contributed by atoms with van der Waals surface area (Å²) in [6.45, 7) is 6.49. The van der Waals surface area contributed by atoms with E-state index in [0.29, 0.717) is 12.4 Å². The summed E-state index contributed by atoms with van der Waals surface area (Å²) >= 11 is 0. The maximum Gasteiger partial charge on any atom is 0.135 e. The second-order valence-electron chi connectivity index (χ2n) is 5.08. The standard InChI is InChI=1S/C15H19FN4/c1-9(2)14-19-13(17)10(3)15(20-14)18-8-11-4-6-12(16)7-5-11/h4-7,9H,8H2,1-3H3,(H3,17,18,19,20). The second-order valence-corrected chi connectivity index (χ2v) is 5.08. The van der Waals surface area contributed by atoms with Crippen LogP contribution in [-0.2, 0) is 6.54 Å². The molecule has 0 bridgehead atoms. The Bertz CT molecular complexity index is 594. The molecule has 4 nitrogen and oxygen atoms in total. The van der Waals surface area contributed by atoms with Crippen molar-refractivity contribution in [2.45, 2.75) is 33.2 Å². The van der Waals surface area contributed by atoms with Crippen LogP contribution in [0.5, 0.6) is 0 Å². The Labute approximate surface area is 118 Å². The quantitative estimate of drug-likeness (QED) is 0.898. The molecule has 0 saturated carbocycles. The molecule has 1 heterocycles. The fourth-order valence-corrected chi connectivity index (χ4v) is 1.77. The minimum Gasteiger partial charge on any atom is -0.383 e. The van der Waals surface area contributed by atoms with Crippen LogP contribution >= 0.6 is 0 Å².